The number of halogens is 1. The molecule has 68 valence electrons. The van der Waals surface area contributed by atoms with E-state index in [1.54, 1.807) is 0 Å². The third kappa shape index (κ3) is 1.27. The van der Waals surface area contributed by atoms with E-state index in [-0.39, 0.29) is 0 Å². The van der Waals surface area contributed by atoms with Crippen LogP contribution in [-0.2, 0) is 6.42 Å². The largest absolute Gasteiger partial charge is 0.294 e. The zero-order chi connectivity index (χ0) is 9.42. The van der Waals surface area contributed by atoms with Crippen LogP contribution in [0.1, 0.15) is 18.2 Å². The Morgan fingerprint density at radius 2 is 2.31 bits per heavy atom. The molecule has 3 heteroatoms. The van der Waals surface area contributed by atoms with Gasteiger partial charge in [0.05, 0.1) is 5.69 Å². The van der Waals surface area contributed by atoms with Gasteiger partial charge in [-0.3, -0.25) is 4.40 Å². The van der Waals surface area contributed by atoms with Gasteiger partial charge in [-0.15, -0.1) is 0 Å². The molecule has 0 aliphatic heterocycles. The van der Waals surface area contributed by atoms with Gasteiger partial charge >= 0.3 is 0 Å². The molecule has 2 nitrogen and oxygen atoms in total. The molecule has 0 unspecified atom stereocenters. The third-order valence-corrected chi connectivity index (χ3v) is 3.03. The number of hydrogen-bond acceptors (Lipinski definition) is 1. The summed E-state index contributed by atoms with van der Waals surface area (Å²) in [6.45, 7) is 4.19. The minimum absolute atomic E-state index is 0.960. The summed E-state index contributed by atoms with van der Waals surface area (Å²) in [7, 11) is 0. The molecule has 13 heavy (non-hydrogen) atoms. The maximum atomic E-state index is 4.55. The van der Waals surface area contributed by atoms with Crippen LogP contribution in [0.2, 0.25) is 0 Å². The van der Waals surface area contributed by atoms with Crippen molar-refractivity contribution in [1.82, 2.24) is 9.38 Å². The van der Waals surface area contributed by atoms with Gasteiger partial charge in [0.15, 0.2) is 0 Å². The van der Waals surface area contributed by atoms with E-state index in [4.69, 9.17) is 0 Å². The fraction of sp³-hybridized carbons (Fsp3) is 0.300. The minimum atomic E-state index is 0.960. The summed E-state index contributed by atoms with van der Waals surface area (Å²) in [5, 5.41) is 0. The molecule has 0 atom stereocenters. The predicted molar refractivity (Wildman–Crippen MR) is 57.0 cm³/mol. The Labute approximate surface area is 85.7 Å². The third-order valence-electron chi connectivity index (χ3n) is 2.19. The lowest BCUT2D eigenvalue weighted by molar-refractivity contribution is 1.05. The maximum absolute atomic E-state index is 4.55. The summed E-state index contributed by atoms with van der Waals surface area (Å²) in [5.74, 6) is 0. The van der Waals surface area contributed by atoms with Crippen LogP contribution in [0.5, 0.6) is 0 Å². The molecule has 0 bridgehead atoms. The van der Waals surface area contributed by atoms with Crippen LogP contribution in [0.4, 0.5) is 0 Å². The predicted octanol–water partition coefficient (Wildman–Crippen LogP) is 2.97. The Hall–Kier alpha value is -0.830. The standard InChI is InChI=1S/C10H11BrN2/c1-3-8-9(11)13-6-4-5-7(2)10(13)12-8/h4-6H,3H2,1-2H3. The van der Waals surface area contributed by atoms with Crippen molar-refractivity contribution in [3.05, 3.63) is 34.2 Å². The molecule has 0 aliphatic rings. The van der Waals surface area contributed by atoms with Crippen LogP contribution in [0.25, 0.3) is 5.65 Å². The number of rotatable bonds is 1. The molecule has 0 radical (unpaired) electrons. The van der Waals surface area contributed by atoms with Crippen LogP contribution in [0.15, 0.2) is 22.9 Å². The zero-order valence-electron chi connectivity index (χ0n) is 7.71. The van der Waals surface area contributed by atoms with Crippen molar-refractivity contribution in [2.75, 3.05) is 0 Å². The smallest absolute Gasteiger partial charge is 0.140 e. The Kier molecular flexibility index (Phi) is 2.12. The first-order valence-corrected chi connectivity index (χ1v) is 5.15. The Morgan fingerprint density at radius 3 is 2.92 bits per heavy atom. The molecule has 0 spiro atoms. The number of hydrogen-bond donors (Lipinski definition) is 0. The molecule has 0 amide bonds. The van der Waals surface area contributed by atoms with Crippen LogP contribution >= 0.6 is 15.9 Å². The molecule has 0 aromatic carbocycles. The van der Waals surface area contributed by atoms with Crippen LogP contribution in [-0.4, -0.2) is 9.38 Å². The summed E-state index contributed by atoms with van der Waals surface area (Å²) in [6, 6.07) is 4.11. The van der Waals surface area contributed by atoms with Gasteiger partial charge in [-0.25, -0.2) is 4.98 Å². The second-order valence-electron chi connectivity index (χ2n) is 3.09. The topological polar surface area (TPSA) is 17.3 Å². The highest BCUT2D eigenvalue weighted by Gasteiger charge is 2.08. The molecular formula is C10H11BrN2. The van der Waals surface area contributed by atoms with Gasteiger partial charge < -0.3 is 0 Å². The van der Waals surface area contributed by atoms with Crippen molar-refractivity contribution in [2.24, 2.45) is 0 Å². The number of pyridine rings is 1. The molecule has 0 saturated carbocycles. The van der Waals surface area contributed by atoms with E-state index in [1.807, 2.05) is 12.3 Å². The van der Waals surface area contributed by atoms with Crippen LogP contribution in [0, 0.1) is 6.92 Å². The van der Waals surface area contributed by atoms with Gasteiger partial charge in [-0.1, -0.05) is 13.0 Å². The number of fused-ring (bicyclic) bond motifs is 1. The molecule has 0 N–H and O–H groups in total. The fourth-order valence-corrected chi connectivity index (χ4v) is 2.10. The Balaban J connectivity index is 2.83. The van der Waals surface area contributed by atoms with E-state index in [2.05, 4.69) is 45.2 Å². The second-order valence-corrected chi connectivity index (χ2v) is 3.84. The molecule has 2 aromatic rings. The van der Waals surface area contributed by atoms with Crippen molar-refractivity contribution in [2.45, 2.75) is 20.3 Å². The first-order valence-electron chi connectivity index (χ1n) is 4.36. The fourth-order valence-electron chi connectivity index (χ4n) is 1.45. The van der Waals surface area contributed by atoms with Crippen molar-refractivity contribution in [3.8, 4) is 0 Å². The molecule has 0 fully saturated rings. The summed E-state index contributed by atoms with van der Waals surface area (Å²) >= 11 is 3.55. The quantitative estimate of drug-likeness (QED) is 0.747. The zero-order valence-corrected chi connectivity index (χ0v) is 9.30. The van der Waals surface area contributed by atoms with Crippen molar-refractivity contribution in [3.63, 3.8) is 0 Å². The molecule has 2 heterocycles. The van der Waals surface area contributed by atoms with Crippen molar-refractivity contribution < 1.29 is 0 Å². The average molecular weight is 239 g/mol. The normalized spacial score (nSPS) is 11.0. The van der Waals surface area contributed by atoms with Gasteiger partial charge in [-0.05, 0) is 40.9 Å². The number of nitrogens with zero attached hydrogens (tertiary/aromatic N) is 2. The molecule has 2 aromatic heterocycles. The SMILES string of the molecule is CCc1nc2c(C)cccn2c1Br. The summed E-state index contributed by atoms with van der Waals surface area (Å²) in [4.78, 5) is 4.55. The van der Waals surface area contributed by atoms with Crippen molar-refractivity contribution in [1.29, 1.82) is 0 Å². The minimum Gasteiger partial charge on any atom is -0.294 e. The van der Waals surface area contributed by atoms with Gasteiger partial charge in [0.1, 0.15) is 10.3 Å². The molecule has 0 saturated heterocycles. The second kappa shape index (κ2) is 3.14. The first kappa shape index (κ1) is 8.75. The highest BCUT2D eigenvalue weighted by atomic mass is 79.9. The van der Waals surface area contributed by atoms with Gasteiger partial charge in [0, 0.05) is 6.20 Å². The lowest BCUT2D eigenvalue weighted by atomic mass is 10.3. The van der Waals surface area contributed by atoms with Gasteiger partial charge in [0.2, 0.25) is 0 Å². The number of aromatic nitrogens is 2. The van der Waals surface area contributed by atoms with E-state index in [1.165, 1.54) is 5.56 Å². The monoisotopic (exact) mass is 238 g/mol. The van der Waals surface area contributed by atoms with Gasteiger partial charge in [-0.2, -0.15) is 0 Å². The number of aryl methyl sites for hydroxylation is 2. The van der Waals surface area contributed by atoms with Crippen molar-refractivity contribution >= 4 is 21.6 Å². The van der Waals surface area contributed by atoms with E-state index in [9.17, 15) is 0 Å². The van der Waals surface area contributed by atoms with E-state index in [0.29, 0.717) is 0 Å². The van der Waals surface area contributed by atoms with Crippen LogP contribution < -0.4 is 0 Å². The highest BCUT2D eigenvalue weighted by Crippen LogP contribution is 2.20. The highest BCUT2D eigenvalue weighted by molar-refractivity contribution is 9.10. The summed E-state index contributed by atoms with van der Waals surface area (Å²) < 4.78 is 3.16. The summed E-state index contributed by atoms with van der Waals surface area (Å²) in [6.07, 6.45) is 2.99. The molecule has 2 rings (SSSR count). The lowest BCUT2D eigenvalue weighted by Gasteiger charge is -1.96. The van der Waals surface area contributed by atoms with Crippen LogP contribution in [0.3, 0.4) is 0 Å². The maximum Gasteiger partial charge on any atom is 0.140 e. The summed E-state index contributed by atoms with van der Waals surface area (Å²) in [5.41, 5.74) is 3.38. The van der Waals surface area contributed by atoms with E-state index < -0.39 is 0 Å². The Morgan fingerprint density at radius 1 is 1.54 bits per heavy atom. The first-order chi connectivity index (χ1) is 6.24. The Bertz CT molecular complexity index is 445. The van der Waals surface area contributed by atoms with E-state index >= 15 is 0 Å². The molecule has 0 aliphatic carbocycles. The van der Waals surface area contributed by atoms with E-state index in [0.717, 1.165) is 22.4 Å². The average Bonchev–Trinajstić information content (AvgIpc) is 2.45. The van der Waals surface area contributed by atoms with Gasteiger partial charge in [0.25, 0.3) is 0 Å². The lowest BCUT2D eigenvalue weighted by Crippen LogP contribution is -1.85. The molecular weight excluding hydrogens is 228 g/mol. The number of imidazole rings is 1.